The predicted molar refractivity (Wildman–Crippen MR) is 322 cm³/mol. The van der Waals surface area contributed by atoms with Gasteiger partial charge in [0.15, 0.2) is 0 Å². The lowest BCUT2D eigenvalue weighted by molar-refractivity contribution is 0.332. The van der Waals surface area contributed by atoms with Crippen molar-refractivity contribution in [3.05, 3.63) is 158 Å². The number of hydrogen-bond acceptors (Lipinski definition) is 2. The molecular weight excluding hydrogens is 910 g/mol. The number of hydrogen-bond donors (Lipinski definition) is 0. The minimum atomic E-state index is 0.0730. The molecule has 0 N–H and O–H groups in total. The fourth-order valence-electron chi connectivity index (χ4n) is 16.6. The summed E-state index contributed by atoms with van der Waals surface area (Å²) < 4.78 is 3.14. The average molecular weight is 994 g/mol. The second-order valence-electron chi connectivity index (χ2n) is 30.2. The zero-order chi connectivity index (χ0) is 52.4. The van der Waals surface area contributed by atoms with Gasteiger partial charge in [0, 0.05) is 21.8 Å². The molecule has 1 saturated carbocycles. The first-order chi connectivity index (χ1) is 34.6. The van der Waals surface area contributed by atoms with Crippen LogP contribution in [0.5, 0.6) is 0 Å². The predicted octanol–water partition coefficient (Wildman–Crippen LogP) is 17.8. The van der Waals surface area contributed by atoms with Gasteiger partial charge in [-0.2, -0.15) is 0 Å². The monoisotopic (exact) mass is 994 g/mol. The summed E-state index contributed by atoms with van der Waals surface area (Å²) in [4.78, 5) is 2.81. The molecule has 3 heteroatoms. The Morgan fingerprint density at radius 1 is 0.568 bits per heavy atom. The maximum atomic E-state index is 2.81. The van der Waals surface area contributed by atoms with Gasteiger partial charge in [0.05, 0.1) is 0 Å². The molecule has 4 atom stereocenters. The lowest BCUT2D eigenvalue weighted by Crippen LogP contribution is -2.58. The number of benzene rings is 5. The largest absolute Gasteiger partial charge is 0.311 e. The van der Waals surface area contributed by atoms with Crippen LogP contribution in [0.15, 0.2) is 102 Å². The molecule has 7 aliphatic rings. The number of fused-ring (bicyclic) bond motifs is 12. The number of anilines is 3. The van der Waals surface area contributed by atoms with E-state index < -0.39 is 0 Å². The molecule has 6 aromatic rings. The number of rotatable bonds is 3. The quantitative estimate of drug-likeness (QED) is 0.160. The van der Waals surface area contributed by atoms with E-state index >= 15 is 0 Å². The van der Waals surface area contributed by atoms with E-state index in [9.17, 15) is 0 Å². The van der Waals surface area contributed by atoms with E-state index in [0.29, 0.717) is 23.7 Å². The number of nitrogens with zero attached hydrogens (tertiary/aromatic N) is 1. The molecular formula is C71H84BNS. The number of allylic oxidation sites excluding steroid dienone is 4. The van der Waals surface area contributed by atoms with E-state index in [1.807, 2.05) is 0 Å². The van der Waals surface area contributed by atoms with Crippen LogP contribution in [-0.2, 0) is 32.5 Å². The van der Waals surface area contributed by atoms with Crippen molar-refractivity contribution in [2.24, 2.45) is 17.3 Å². The third kappa shape index (κ3) is 7.04. The molecule has 0 bridgehead atoms. The van der Waals surface area contributed by atoms with E-state index in [0.717, 1.165) is 6.42 Å². The van der Waals surface area contributed by atoms with E-state index in [-0.39, 0.29) is 44.6 Å². The second-order valence-corrected chi connectivity index (χ2v) is 31.3. The van der Waals surface area contributed by atoms with Crippen molar-refractivity contribution in [2.45, 2.75) is 207 Å². The van der Waals surface area contributed by atoms with Crippen LogP contribution in [0.2, 0.25) is 0 Å². The van der Waals surface area contributed by atoms with Gasteiger partial charge in [-0.05, 0) is 245 Å². The number of thiophene rings is 1. The van der Waals surface area contributed by atoms with E-state index in [1.165, 1.54) is 93.6 Å². The van der Waals surface area contributed by atoms with Crippen LogP contribution >= 0.6 is 11.3 Å². The first-order valence-corrected chi connectivity index (χ1v) is 29.8. The Balaban J connectivity index is 1.13. The Hall–Kier alpha value is -4.60. The molecule has 0 saturated heterocycles. The third-order valence-corrected chi connectivity index (χ3v) is 22.6. The van der Waals surface area contributed by atoms with Crippen LogP contribution in [-0.4, -0.2) is 6.71 Å². The highest BCUT2D eigenvalue weighted by Crippen LogP contribution is 2.70. The zero-order valence-electron chi connectivity index (χ0n) is 48.4. The summed E-state index contributed by atoms with van der Waals surface area (Å²) >= 11 is 2.18. The van der Waals surface area contributed by atoms with Gasteiger partial charge in [-0.1, -0.05) is 164 Å². The minimum Gasteiger partial charge on any atom is -0.311 e. The SMILES string of the molecule is CC1=C(C(C)(C)C)C=C(c2ccccc2)C(C2C3c4cc(C)cc5c4B(c4cc6c(cc4N5c4ccc5c(c4)C(C)(C)CCC5(C)C)C(C)(C)CCC6(C)C)c4sc5cc6c(cc5c4[C@H]32)C(C)(C)CCC6(C)C)C1. The highest BCUT2D eigenvalue weighted by molar-refractivity contribution is 7.32. The van der Waals surface area contributed by atoms with Gasteiger partial charge in [0.25, 0.3) is 6.71 Å². The third-order valence-electron chi connectivity index (χ3n) is 21.3. The molecule has 74 heavy (non-hydrogen) atoms. The van der Waals surface area contributed by atoms with Crippen LogP contribution in [0.3, 0.4) is 0 Å². The fraction of sp³-hybridized carbons (Fsp3) is 0.493. The molecule has 5 aromatic carbocycles. The van der Waals surface area contributed by atoms with Crippen molar-refractivity contribution in [2.75, 3.05) is 4.90 Å². The molecule has 1 aromatic heterocycles. The van der Waals surface area contributed by atoms with Gasteiger partial charge < -0.3 is 4.90 Å². The van der Waals surface area contributed by atoms with E-state index in [2.05, 4.69) is 225 Å². The highest BCUT2D eigenvalue weighted by Gasteiger charge is 2.62. The van der Waals surface area contributed by atoms with Gasteiger partial charge in [0.1, 0.15) is 0 Å². The smallest absolute Gasteiger partial charge is 0.259 e. The summed E-state index contributed by atoms with van der Waals surface area (Å²) in [5, 5.41) is 1.56. The Kier molecular flexibility index (Phi) is 10.3. The van der Waals surface area contributed by atoms with E-state index in [1.54, 1.807) is 60.2 Å². The lowest BCUT2D eigenvalue weighted by atomic mass is 9.36. The van der Waals surface area contributed by atoms with Crippen molar-refractivity contribution >= 4 is 66.5 Å². The van der Waals surface area contributed by atoms with Gasteiger partial charge in [-0.15, -0.1) is 11.3 Å². The van der Waals surface area contributed by atoms with Crippen LogP contribution in [0, 0.1) is 24.2 Å². The van der Waals surface area contributed by atoms with Crippen molar-refractivity contribution in [1.29, 1.82) is 0 Å². The molecule has 1 fully saturated rings. The summed E-state index contributed by atoms with van der Waals surface area (Å²) in [5.74, 6) is 1.72. The fourth-order valence-corrected chi connectivity index (χ4v) is 18.0. The summed E-state index contributed by atoms with van der Waals surface area (Å²) in [6.45, 7) is 42.5. The molecule has 0 amide bonds. The first-order valence-electron chi connectivity index (χ1n) is 29.0. The maximum absolute atomic E-state index is 2.81. The standard InChI is InChI=1S/C71H84BNS/c1-40-31-47-60-59(45-33-41(2)49(65(3,4)5)35-44(45)42-21-19-18-20-22-42)62(60)61-46-36-51-54(71(16,17)30-27-68(51,10)11)39-58(46)74-64(61)72-55-37-52-53(70(14,15)29-28-69(52,12)13)38-56(55)73(57(32-40)63(47)72)43-23-24-48-50(34-43)67(8,9)26-25-66(48,6)7/h18-24,31-32,34-39,45,59-60,62H,25-30,33H2,1-17H3/t45?,59?,60?,62-/m0/s1. The minimum absolute atomic E-state index is 0.0730. The zero-order valence-corrected chi connectivity index (χ0v) is 49.2. The Bertz CT molecular complexity index is 3460. The summed E-state index contributed by atoms with van der Waals surface area (Å²) in [6.07, 6.45) is 11.1. The topological polar surface area (TPSA) is 3.24 Å². The van der Waals surface area contributed by atoms with Gasteiger partial charge in [0.2, 0.25) is 0 Å². The van der Waals surface area contributed by atoms with Crippen LogP contribution < -0.4 is 20.6 Å². The van der Waals surface area contributed by atoms with Gasteiger partial charge in [-0.3, -0.25) is 0 Å². The molecule has 0 spiro atoms. The Labute approximate surface area is 450 Å². The van der Waals surface area contributed by atoms with Crippen molar-refractivity contribution in [1.82, 2.24) is 0 Å². The summed E-state index contributed by atoms with van der Waals surface area (Å²) in [7, 11) is 0. The molecule has 0 radical (unpaired) electrons. The molecule has 2 aliphatic heterocycles. The van der Waals surface area contributed by atoms with Crippen molar-refractivity contribution in [3.63, 3.8) is 0 Å². The van der Waals surface area contributed by atoms with Gasteiger partial charge >= 0.3 is 0 Å². The first kappa shape index (κ1) is 49.0. The molecule has 5 aliphatic carbocycles. The van der Waals surface area contributed by atoms with Crippen molar-refractivity contribution < 1.29 is 0 Å². The normalized spacial score (nSPS) is 25.9. The molecule has 3 heterocycles. The average Bonchev–Trinajstić information content (AvgIpc) is 3.99. The van der Waals surface area contributed by atoms with Crippen LogP contribution in [0.25, 0.3) is 15.7 Å². The van der Waals surface area contributed by atoms with E-state index in [4.69, 9.17) is 0 Å². The molecule has 13 rings (SSSR count). The van der Waals surface area contributed by atoms with Gasteiger partial charge in [-0.25, -0.2) is 0 Å². The van der Waals surface area contributed by atoms with Crippen LogP contribution in [0.1, 0.15) is 223 Å². The summed E-state index contributed by atoms with van der Waals surface area (Å²) in [6, 6.07) is 35.6. The second kappa shape index (κ2) is 15.5. The Morgan fingerprint density at radius 2 is 1.12 bits per heavy atom. The Morgan fingerprint density at radius 3 is 1.73 bits per heavy atom. The molecule has 3 unspecified atom stereocenters. The van der Waals surface area contributed by atoms with Crippen molar-refractivity contribution in [3.8, 4) is 0 Å². The summed E-state index contributed by atoms with van der Waals surface area (Å²) in [5.41, 5.74) is 28.1. The molecule has 382 valence electrons. The number of aryl methyl sites for hydroxylation is 1. The highest BCUT2D eigenvalue weighted by atomic mass is 32.1. The van der Waals surface area contributed by atoms with Crippen LogP contribution in [0.4, 0.5) is 17.1 Å². The lowest BCUT2D eigenvalue weighted by Gasteiger charge is -2.46. The maximum Gasteiger partial charge on any atom is 0.259 e. The molecule has 1 nitrogen and oxygen atoms in total.